The highest BCUT2D eigenvalue weighted by Gasteiger charge is 2.26. The fourth-order valence-electron chi connectivity index (χ4n) is 1.77. The van der Waals surface area contributed by atoms with Crippen molar-refractivity contribution in [1.29, 1.82) is 0 Å². The van der Waals surface area contributed by atoms with Crippen molar-refractivity contribution in [3.63, 3.8) is 0 Å². The van der Waals surface area contributed by atoms with E-state index >= 15 is 0 Å². The molecule has 2 rings (SSSR count). The summed E-state index contributed by atoms with van der Waals surface area (Å²) in [6.07, 6.45) is 0.835. The van der Waals surface area contributed by atoms with Crippen LogP contribution in [0.15, 0.2) is 12.1 Å². The van der Waals surface area contributed by atoms with Crippen LogP contribution in [0.4, 0.5) is 5.82 Å². The van der Waals surface area contributed by atoms with Gasteiger partial charge >= 0.3 is 0 Å². The van der Waals surface area contributed by atoms with E-state index in [1.54, 1.807) is 24.1 Å². The van der Waals surface area contributed by atoms with Crippen LogP contribution in [0.1, 0.15) is 16.9 Å². The Labute approximate surface area is 105 Å². The van der Waals surface area contributed by atoms with Crippen molar-refractivity contribution >= 4 is 23.3 Å². The lowest BCUT2D eigenvalue weighted by atomic mass is 10.2. The number of rotatable bonds is 2. The number of amides is 1. The number of nitrogens with two attached hydrogens (primary N) is 1. The smallest absolute Gasteiger partial charge is 0.274 e. The highest BCUT2D eigenvalue weighted by Crippen LogP contribution is 2.19. The molecule has 0 radical (unpaired) electrons. The van der Waals surface area contributed by atoms with Crippen molar-refractivity contribution in [1.82, 2.24) is 9.88 Å². The van der Waals surface area contributed by atoms with Crippen LogP contribution in [0, 0.1) is 0 Å². The third-order valence-electron chi connectivity index (χ3n) is 2.84. The second-order valence-corrected chi connectivity index (χ2v) is 4.41. The molecule has 0 spiro atoms. The molecule has 0 aliphatic carbocycles. The van der Waals surface area contributed by atoms with Crippen molar-refractivity contribution in [2.75, 3.05) is 26.0 Å². The van der Waals surface area contributed by atoms with Gasteiger partial charge in [0.1, 0.15) is 11.5 Å². The molecule has 2 heterocycles. The summed E-state index contributed by atoms with van der Waals surface area (Å²) >= 11 is 5.95. The van der Waals surface area contributed by atoms with Crippen LogP contribution in [0.2, 0.25) is 5.02 Å². The first-order valence-electron chi connectivity index (χ1n) is 5.36. The van der Waals surface area contributed by atoms with Gasteiger partial charge in [-0.3, -0.25) is 4.79 Å². The molecule has 6 heteroatoms. The van der Waals surface area contributed by atoms with Gasteiger partial charge in [0.25, 0.3) is 5.91 Å². The minimum absolute atomic E-state index is 0.0850. The predicted molar refractivity (Wildman–Crippen MR) is 65.0 cm³/mol. The molecule has 0 bridgehead atoms. The van der Waals surface area contributed by atoms with Crippen molar-refractivity contribution in [3.05, 3.63) is 22.8 Å². The standard InChI is InChI=1S/C11H14ClN3O2/c1-15(7-4-5-17-6-7)11(16)10-8(12)2-3-9(13)14-10/h2-3,7H,4-6H2,1H3,(H2,13,14). The monoisotopic (exact) mass is 255 g/mol. The molecule has 1 unspecified atom stereocenters. The SMILES string of the molecule is CN(C(=O)c1nc(N)ccc1Cl)C1CCOC1. The highest BCUT2D eigenvalue weighted by molar-refractivity contribution is 6.33. The first-order valence-corrected chi connectivity index (χ1v) is 5.74. The molecule has 1 aliphatic rings. The number of carbonyl (C=O) groups is 1. The lowest BCUT2D eigenvalue weighted by molar-refractivity contribution is 0.0706. The normalized spacial score (nSPS) is 19.3. The zero-order chi connectivity index (χ0) is 12.4. The maximum atomic E-state index is 12.2. The number of anilines is 1. The van der Waals surface area contributed by atoms with E-state index in [1.807, 2.05) is 0 Å². The van der Waals surface area contributed by atoms with E-state index in [1.165, 1.54) is 0 Å². The number of ether oxygens (including phenoxy) is 1. The van der Waals surface area contributed by atoms with Crippen LogP contribution in [0.25, 0.3) is 0 Å². The summed E-state index contributed by atoms with van der Waals surface area (Å²) in [6.45, 7) is 1.24. The topological polar surface area (TPSA) is 68.5 Å². The molecule has 1 aromatic rings. The number of carbonyl (C=O) groups excluding carboxylic acids is 1. The van der Waals surface area contributed by atoms with Gasteiger partial charge in [0.2, 0.25) is 0 Å². The van der Waals surface area contributed by atoms with Crippen molar-refractivity contribution in [2.45, 2.75) is 12.5 Å². The van der Waals surface area contributed by atoms with E-state index in [4.69, 9.17) is 22.1 Å². The largest absolute Gasteiger partial charge is 0.384 e. The fourth-order valence-corrected chi connectivity index (χ4v) is 1.95. The lowest BCUT2D eigenvalue weighted by Crippen LogP contribution is -2.38. The zero-order valence-electron chi connectivity index (χ0n) is 9.52. The average Bonchev–Trinajstić information content (AvgIpc) is 2.84. The summed E-state index contributed by atoms with van der Waals surface area (Å²) < 4.78 is 5.25. The van der Waals surface area contributed by atoms with Gasteiger partial charge in [-0.15, -0.1) is 0 Å². The summed E-state index contributed by atoms with van der Waals surface area (Å²) in [5.41, 5.74) is 5.75. The molecule has 1 aliphatic heterocycles. The quantitative estimate of drug-likeness (QED) is 0.862. The fraction of sp³-hybridized carbons (Fsp3) is 0.455. The molecular weight excluding hydrogens is 242 g/mol. The molecule has 1 atom stereocenters. The van der Waals surface area contributed by atoms with Crippen molar-refractivity contribution < 1.29 is 9.53 Å². The Morgan fingerprint density at radius 3 is 3.06 bits per heavy atom. The van der Waals surface area contributed by atoms with Gasteiger partial charge in [0.05, 0.1) is 17.7 Å². The Morgan fingerprint density at radius 2 is 2.41 bits per heavy atom. The summed E-state index contributed by atoms with van der Waals surface area (Å²) in [6, 6.07) is 3.23. The second-order valence-electron chi connectivity index (χ2n) is 4.00. The lowest BCUT2D eigenvalue weighted by Gasteiger charge is -2.23. The molecule has 1 aromatic heterocycles. The summed E-state index contributed by atoms with van der Waals surface area (Å²) in [5.74, 6) is 0.0617. The number of nitrogens with zero attached hydrogens (tertiary/aromatic N) is 2. The van der Waals surface area contributed by atoms with Gasteiger partial charge in [-0.05, 0) is 18.6 Å². The molecule has 5 nitrogen and oxygen atoms in total. The predicted octanol–water partition coefficient (Wildman–Crippen LogP) is 1.18. The Bertz CT molecular complexity index is 433. The minimum atomic E-state index is -0.224. The summed E-state index contributed by atoms with van der Waals surface area (Å²) in [4.78, 5) is 17.8. The van der Waals surface area contributed by atoms with Crippen LogP contribution in [-0.2, 0) is 4.74 Å². The number of pyridine rings is 1. The number of hydrogen-bond acceptors (Lipinski definition) is 4. The number of likely N-dealkylation sites (N-methyl/N-ethyl adjacent to an activating group) is 1. The average molecular weight is 256 g/mol. The van der Waals surface area contributed by atoms with Crippen molar-refractivity contribution in [3.8, 4) is 0 Å². The summed E-state index contributed by atoms with van der Waals surface area (Å²) in [5, 5.41) is 0.315. The van der Waals surface area contributed by atoms with Gasteiger partial charge in [0.15, 0.2) is 0 Å². The highest BCUT2D eigenvalue weighted by atomic mass is 35.5. The third kappa shape index (κ3) is 2.50. The Morgan fingerprint density at radius 1 is 1.65 bits per heavy atom. The maximum Gasteiger partial charge on any atom is 0.274 e. The molecule has 1 fully saturated rings. The van der Waals surface area contributed by atoms with Crippen LogP contribution < -0.4 is 5.73 Å². The molecule has 92 valence electrons. The van der Waals surface area contributed by atoms with E-state index in [0.717, 1.165) is 6.42 Å². The van der Waals surface area contributed by atoms with E-state index in [9.17, 15) is 4.79 Å². The zero-order valence-corrected chi connectivity index (χ0v) is 10.3. The first-order chi connectivity index (χ1) is 8.09. The van der Waals surface area contributed by atoms with Crippen LogP contribution in [0.3, 0.4) is 0 Å². The second kappa shape index (κ2) is 4.89. The van der Waals surface area contributed by atoms with Gasteiger partial charge in [-0.1, -0.05) is 11.6 Å². The molecule has 17 heavy (non-hydrogen) atoms. The molecule has 1 saturated heterocycles. The van der Waals surface area contributed by atoms with Crippen molar-refractivity contribution in [2.24, 2.45) is 0 Å². The third-order valence-corrected chi connectivity index (χ3v) is 3.15. The number of nitrogen functional groups attached to an aromatic ring is 1. The Balaban J connectivity index is 2.20. The molecule has 2 N–H and O–H groups in total. The van der Waals surface area contributed by atoms with E-state index < -0.39 is 0 Å². The van der Waals surface area contributed by atoms with Gasteiger partial charge in [-0.25, -0.2) is 4.98 Å². The van der Waals surface area contributed by atoms with E-state index in [2.05, 4.69) is 4.98 Å². The van der Waals surface area contributed by atoms with Gasteiger partial charge in [0, 0.05) is 13.7 Å². The van der Waals surface area contributed by atoms with E-state index in [-0.39, 0.29) is 23.5 Å². The van der Waals surface area contributed by atoms with Crippen LogP contribution in [0.5, 0.6) is 0 Å². The molecular formula is C11H14ClN3O2. The van der Waals surface area contributed by atoms with Crippen LogP contribution >= 0.6 is 11.6 Å². The Hall–Kier alpha value is -1.33. The van der Waals surface area contributed by atoms with Gasteiger partial charge in [-0.2, -0.15) is 0 Å². The Kier molecular flexibility index (Phi) is 3.49. The molecule has 1 amide bonds. The molecule has 0 aromatic carbocycles. The first kappa shape index (κ1) is 12.1. The number of aromatic nitrogens is 1. The summed E-state index contributed by atoms with van der Waals surface area (Å²) in [7, 11) is 1.73. The number of halogens is 1. The van der Waals surface area contributed by atoms with Crippen LogP contribution in [-0.4, -0.2) is 42.1 Å². The molecule has 0 saturated carbocycles. The van der Waals surface area contributed by atoms with E-state index in [0.29, 0.717) is 18.2 Å². The maximum absolute atomic E-state index is 12.2. The minimum Gasteiger partial charge on any atom is -0.384 e. The number of hydrogen-bond donors (Lipinski definition) is 1. The van der Waals surface area contributed by atoms with Gasteiger partial charge < -0.3 is 15.4 Å².